The number of benzene rings is 1. The lowest BCUT2D eigenvalue weighted by Crippen LogP contribution is -2.69. The van der Waals surface area contributed by atoms with Gasteiger partial charge in [-0.15, -0.1) is 0 Å². The molecule has 3 aliphatic carbocycles. The molecular formula is C22H28N2O4. The van der Waals surface area contributed by atoms with Gasteiger partial charge in [-0.3, -0.25) is 9.59 Å². The molecule has 1 aromatic rings. The Kier molecular flexibility index (Phi) is 4.16. The topological polar surface area (TPSA) is 76.7 Å². The summed E-state index contributed by atoms with van der Waals surface area (Å²) in [5.41, 5.74) is -0.288. The highest BCUT2D eigenvalue weighted by Gasteiger charge is 2.61. The first-order valence-electron chi connectivity index (χ1n) is 10.5. The lowest BCUT2D eigenvalue weighted by molar-refractivity contribution is -0.167. The van der Waals surface area contributed by atoms with Crippen molar-refractivity contribution in [3.05, 3.63) is 29.8 Å². The standard InChI is InChI=1S/C22H28N2O4/c1-21-9-8-14(11-17(21)20(26)23-12-15-5-4-10-27-15)22(13-21)24-19(25)16-6-2-3-7-18(16)28-22/h2-3,6-7,14-15,17H,4-5,8-13H2,1H3,(H,23,26)(H,24,25)/t14-,15+,17+,21-,22-/m0/s1. The molecule has 28 heavy (non-hydrogen) atoms. The van der Waals surface area contributed by atoms with E-state index in [1.165, 1.54) is 0 Å². The highest BCUT2D eigenvalue weighted by Crippen LogP contribution is 2.58. The normalized spacial score (nSPS) is 38.6. The van der Waals surface area contributed by atoms with Gasteiger partial charge in [0.15, 0.2) is 5.72 Å². The average Bonchev–Trinajstić information content (AvgIpc) is 3.19. The number of hydrogen-bond acceptors (Lipinski definition) is 4. The van der Waals surface area contributed by atoms with E-state index in [-0.39, 0.29) is 35.2 Å². The largest absolute Gasteiger partial charge is 0.467 e. The van der Waals surface area contributed by atoms with E-state index in [1.807, 2.05) is 18.2 Å². The summed E-state index contributed by atoms with van der Waals surface area (Å²) in [7, 11) is 0. The maximum absolute atomic E-state index is 13.0. The second-order valence-electron chi connectivity index (χ2n) is 9.18. The maximum atomic E-state index is 13.0. The van der Waals surface area contributed by atoms with Crippen molar-refractivity contribution in [3.63, 3.8) is 0 Å². The summed E-state index contributed by atoms with van der Waals surface area (Å²) in [5.74, 6) is 0.806. The Bertz CT molecular complexity index is 805. The number of para-hydroxylation sites is 1. The van der Waals surface area contributed by atoms with E-state index in [9.17, 15) is 9.59 Å². The zero-order valence-electron chi connectivity index (χ0n) is 16.3. The molecule has 2 bridgehead atoms. The molecule has 1 aromatic carbocycles. The number of amides is 2. The highest BCUT2D eigenvalue weighted by molar-refractivity contribution is 5.98. The fraction of sp³-hybridized carbons (Fsp3) is 0.636. The lowest BCUT2D eigenvalue weighted by Gasteiger charge is -2.59. The van der Waals surface area contributed by atoms with E-state index < -0.39 is 5.72 Å². The molecule has 0 radical (unpaired) electrons. The Hall–Kier alpha value is -2.08. The fourth-order valence-corrected chi connectivity index (χ4v) is 5.80. The van der Waals surface area contributed by atoms with Crippen LogP contribution in [0.15, 0.2) is 24.3 Å². The summed E-state index contributed by atoms with van der Waals surface area (Å²) in [4.78, 5) is 25.7. The van der Waals surface area contributed by atoms with E-state index in [0.29, 0.717) is 24.3 Å². The summed E-state index contributed by atoms with van der Waals surface area (Å²) in [5, 5.41) is 6.30. The average molecular weight is 384 g/mol. The Labute approximate surface area is 165 Å². The minimum absolute atomic E-state index is 0.0454. The van der Waals surface area contributed by atoms with Gasteiger partial charge < -0.3 is 20.1 Å². The van der Waals surface area contributed by atoms with Crippen LogP contribution in [0, 0.1) is 17.3 Å². The van der Waals surface area contributed by atoms with Gasteiger partial charge in [-0.05, 0) is 49.7 Å². The molecule has 150 valence electrons. The van der Waals surface area contributed by atoms with Crippen LogP contribution in [0.4, 0.5) is 0 Å². The van der Waals surface area contributed by atoms with Crippen LogP contribution in [0.5, 0.6) is 5.75 Å². The third-order valence-electron chi connectivity index (χ3n) is 7.34. The van der Waals surface area contributed by atoms with Gasteiger partial charge in [0.05, 0.1) is 11.7 Å². The maximum Gasteiger partial charge on any atom is 0.258 e. The number of carbonyl (C=O) groups excluding carboxylic acids is 2. The van der Waals surface area contributed by atoms with Gasteiger partial charge in [0.2, 0.25) is 5.91 Å². The molecule has 0 unspecified atom stereocenters. The van der Waals surface area contributed by atoms with Crippen LogP contribution < -0.4 is 15.4 Å². The van der Waals surface area contributed by atoms with Gasteiger partial charge in [0.25, 0.3) is 5.91 Å². The van der Waals surface area contributed by atoms with Gasteiger partial charge in [0, 0.05) is 31.4 Å². The van der Waals surface area contributed by atoms with Crippen molar-refractivity contribution in [2.24, 2.45) is 17.3 Å². The molecule has 2 N–H and O–H groups in total. The van der Waals surface area contributed by atoms with Crippen molar-refractivity contribution in [1.29, 1.82) is 0 Å². The Morgan fingerprint density at radius 1 is 1.32 bits per heavy atom. The van der Waals surface area contributed by atoms with Crippen molar-refractivity contribution in [2.45, 2.75) is 57.3 Å². The van der Waals surface area contributed by atoms with Crippen LogP contribution in [0.3, 0.4) is 0 Å². The quantitative estimate of drug-likeness (QED) is 0.840. The first kappa shape index (κ1) is 18.0. The van der Waals surface area contributed by atoms with Crippen LogP contribution in [0.1, 0.15) is 55.8 Å². The predicted molar refractivity (Wildman–Crippen MR) is 103 cm³/mol. The first-order valence-corrected chi connectivity index (χ1v) is 10.5. The number of nitrogens with one attached hydrogen (secondary N) is 2. The molecule has 5 aliphatic rings. The third kappa shape index (κ3) is 2.81. The van der Waals surface area contributed by atoms with Crippen LogP contribution >= 0.6 is 0 Å². The molecule has 0 aromatic heterocycles. The molecule has 2 heterocycles. The molecule has 6 heteroatoms. The molecule has 1 saturated heterocycles. The second-order valence-corrected chi connectivity index (χ2v) is 9.18. The summed E-state index contributed by atoms with van der Waals surface area (Å²) >= 11 is 0. The molecule has 2 aliphatic heterocycles. The van der Waals surface area contributed by atoms with Crippen LogP contribution in [-0.2, 0) is 9.53 Å². The third-order valence-corrected chi connectivity index (χ3v) is 7.34. The Morgan fingerprint density at radius 2 is 2.18 bits per heavy atom. The molecule has 3 saturated carbocycles. The monoisotopic (exact) mass is 384 g/mol. The molecular weight excluding hydrogens is 356 g/mol. The Morgan fingerprint density at radius 3 is 2.96 bits per heavy atom. The summed E-state index contributed by atoms with van der Waals surface area (Å²) in [6, 6.07) is 7.41. The number of carbonyl (C=O) groups is 2. The van der Waals surface area contributed by atoms with Crippen molar-refractivity contribution in [1.82, 2.24) is 10.6 Å². The number of ether oxygens (including phenoxy) is 2. The SMILES string of the molecule is C[C@@]12CC[C@@H](C[C@@H]1C(=O)NC[C@H]1CCCO1)[C@@]1(C2)NC(=O)c2ccccc2O1. The molecule has 4 fully saturated rings. The first-order chi connectivity index (χ1) is 13.5. The summed E-state index contributed by atoms with van der Waals surface area (Å²) in [6.07, 6.45) is 5.62. The van der Waals surface area contributed by atoms with E-state index in [4.69, 9.17) is 9.47 Å². The number of rotatable bonds is 3. The Balaban J connectivity index is 1.34. The number of fused-ring (bicyclic) bond motifs is 3. The number of hydrogen-bond donors (Lipinski definition) is 2. The van der Waals surface area contributed by atoms with Crippen molar-refractivity contribution >= 4 is 11.8 Å². The molecule has 6 rings (SSSR count). The van der Waals surface area contributed by atoms with Crippen molar-refractivity contribution in [2.75, 3.05) is 13.2 Å². The second kappa shape index (κ2) is 6.48. The van der Waals surface area contributed by atoms with Crippen LogP contribution in [0.2, 0.25) is 0 Å². The zero-order valence-corrected chi connectivity index (χ0v) is 16.3. The van der Waals surface area contributed by atoms with Gasteiger partial charge >= 0.3 is 0 Å². The van der Waals surface area contributed by atoms with Crippen molar-refractivity contribution in [3.8, 4) is 5.75 Å². The lowest BCUT2D eigenvalue weighted by atomic mass is 9.52. The minimum Gasteiger partial charge on any atom is -0.467 e. The van der Waals surface area contributed by atoms with Gasteiger partial charge in [-0.2, -0.15) is 0 Å². The molecule has 2 amide bonds. The highest BCUT2D eigenvalue weighted by atomic mass is 16.5. The summed E-state index contributed by atoms with van der Waals surface area (Å²) < 4.78 is 12.0. The van der Waals surface area contributed by atoms with Crippen LogP contribution in [-0.4, -0.2) is 36.8 Å². The minimum atomic E-state index is -0.691. The zero-order chi connectivity index (χ0) is 19.4. The fourth-order valence-electron chi connectivity index (χ4n) is 5.80. The molecule has 6 nitrogen and oxygen atoms in total. The van der Waals surface area contributed by atoms with Gasteiger partial charge in [0.1, 0.15) is 5.75 Å². The smallest absolute Gasteiger partial charge is 0.258 e. The van der Waals surface area contributed by atoms with E-state index in [2.05, 4.69) is 17.6 Å². The molecule has 5 atom stereocenters. The van der Waals surface area contributed by atoms with Gasteiger partial charge in [-0.25, -0.2) is 0 Å². The van der Waals surface area contributed by atoms with Gasteiger partial charge in [-0.1, -0.05) is 19.1 Å². The van der Waals surface area contributed by atoms with E-state index in [1.54, 1.807) is 6.07 Å². The van der Waals surface area contributed by atoms with Crippen LogP contribution in [0.25, 0.3) is 0 Å². The molecule has 1 spiro atoms. The van der Waals surface area contributed by atoms with E-state index >= 15 is 0 Å². The van der Waals surface area contributed by atoms with Crippen molar-refractivity contribution < 1.29 is 19.1 Å². The van der Waals surface area contributed by atoms with E-state index in [0.717, 1.165) is 38.7 Å². The predicted octanol–water partition coefficient (Wildman–Crippen LogP) is 2.63. The summed E-state index contributed by atoms with van der Waals surface area (Å²) in [6.45, 7) is 3.57.